The number of hydrogen-bond acceptors (Lipinski definition) is 0. The lowest BCUT2D eigenvalue weighted by atomic mass is 9.90. The molecule has 2 heteroatoms. The zero-order chi connectivity index (χ0) is 12.1. The van der Waals surface area contributed by atoms with Crippen molar-refractivity contribution < 1.29 is 0 Å². The van der Waals surface area contributed by atoms with E-state index in [0.29, 0.717) is 17.7 Å². The molecule has 1 unspecified atom stereocenters. The van der Waals surface area contributed by atoms with E-state index in [2.05, 4.69) is 39.0 Å². The van der Waals surface area contributed by atoms with E-state index in [4.69, 9.17) is 23.2 Å². The quantitative estimate of drug-likeness (QED) is 0.655. The van der Waals surface area contributed by atoms with E-state index >= 15 is 0 Å². The highest BCUT2D eigenvalue weighted by atomic mass is 35.5. The Hall–Kier alpha value is -0.200. The van der Waals surface area contributed by atoms with Crippen LogP contribution in [0, 0.1) is 5.92 Å². The summed E-state index contributed by atoms with van der Waals surface area (Å²) < 4.78 is 0. The first-order valence-corrected chi connectivity index (χ1v) is 6.89. The van der Waals surface area contributed by atoms with Gasteiger partial charge < -0.3 is 0 Å². The third kappa shape index (κ3) is 3.68. The second kappa shape index (κ2) is 6.51. The Labute approximate surface area is 109 Å². The fourth-order valence-corrected chi connectivity index (χ4v) is 2.16. The van der Waals surface area contributed by atoms with Crippen LogP contribution in [-0.2, 0) is 12.3 Å². The Kier molecular flexibility index (Phi) is 5.64. The van der Waals surface area contributed by atoms with Crippen LogP contribution in [0.15, 0.2) is 18.2 Å². The molecule has 0 N–H and O–H groups in total. The van der Waals surface area contributed by atoms with Crippen molar-refractivity contribution in [3.63, 3.8) is 0 Å². The zero-order valence-electron chi connectivity index (χ0n) is 10.3. The summed E-state index contributed by atoms with van der Waals surface area (Å²) in [4.78, 5) is 0. The van der Waals surface area contributed by atoms with Gasteiger partial charge in [0, 0.05) is 11.8 Å². The van der Waals surface area contributed by atoms with Gasteiger partial charge in [-0.15, -0.1) is 23.2 Å². The highest BCUT2D eigenvalue weighted by Crippen LogP contribution is 2.24. The maximum atomic E-state index is 5.87. The minimum Gasteiger partial charge on any atom is -0.126 e. The van der Waals surface area contributed by atoms with E-state index in [1.165, 1.54) is 16.7 Å². The second-order valence-electron chi connectivity index (χ2n) is 4.79. The van der Waals surface area contributed by atoms with Crippen LogP contribution < -0.4 is 0 Å². The molecule has 0 aliphatic heterocycles. The van der Waals surface area contributed by atoms with E-state index in [1.807, 2.05) is 0 Å². The SMILES string of the molecule is CC(CCl)Cc1ccc(CCl)cc1C(C)C. The van der Waals surface area contributed by atoms with Crippen molar-refractivity contribution in [3.05, 3.63) is 34.9 Å². The van der Waals surface area contributed by atoms with Crippen LogP contribution in [0.4, 0.5) is 0 Å². The molecule has 0 saturated heterocycles. The largest absolute Gasteiger partial charge is 0.126 e. The van der Waals surface area contributed by atoms with E-state index < -0.39 is 0 Å². The van der Waals surface area contributed by atoms with E-state index in [0.717, 1.165) is 12.3 Å². The van der Waals surface area contributed by atoms with Gasteiger partial charge in [0.05, 0.1) is 0 Å². The maximum absolute atomic E-state index is 5.87. The summed E-state index contributed by atoms with van der Waals surface area (Å²) in [5.41, 5.74) is 4.03. The molecule has 1 aromatic carbocycles. The van der Waals surface area contributed by atoms with Gasteiger partial charge in [-0.05, 0) is 34.9 Å². The summed E-state index contributed by atoms with van der Waals surface area (Å²) in [6.07, 6.45) is 1.06. The average Bonchev–Trinajstić information content (AvgIpc) is 2.29. The molecule has 90 valence electrons. The molecule has 0 nitrogen and oxygen atoms in total. The summed E-state index contributed by atoms with van der Waals surface area (Å²) in [5, 5.41) is 0. The minimum absolute atomic E-state index is 0.529. The molecule has 1 aromatic rings. The van der Waals surface area contributed by atoms with E-state index in [-0.39, 0.29) is 0 Å². The van der Waals surface area contributed by atoms with Gasteiger partial charge in [-0.1, -0.05) is 39.0 Å². The Bertz CT molecular complexity index is 332. The molecule has 1 rings (SSSR count). The van der Waals surface area contributed by atoms with Gasteiger partial charge in [0.15, 0.2) is 0 Å². The molecule has 0 heterocycles. The maximum Gasteiger partial charge on any atom is 0.0474 e. The van der Waals surface area contributed by atoms with Crippen LogP contribution in [-0.4, -0.2) is 5.88 Å². The number of rotatable bonds is 5. The average molecular weight is 259 g/mol. The van der Waals surface area contributed by atoms with Crippen molar-refractivity contribution >= 4 is 23.2 Å². The summed E-state index contributed by atoms with van der Waals surface area (Å²) >= 11 is 11.7. The smallest absolute Gasteiger partial charge is 0.0474 e. The topological polar surface area (TPSA) is 0 Å². The molecule has 16 heavy (non-hydrogen) atoms. The molecular weight excluding hydrogens is 239 g/mol. The molecule has 0 aliphatic rings. The number of hydrogen-bond donors (Lipinski definition) is 0. The molecule has 0 spiro atoms. The van der Waals surface area contributed by atoms with Crippen molar-refractivity contribution in [2.75, 3.05) is 5.88 Å². The Morgan fingerprint density at radius 2 is 1.81 bits per heavy atom. The van der Waals surface area contributed by atoms with Gasteiger partial charge in [0.25, 0.3) is 0 Å². The zero-order valence-corrected chi connectivity index (χ0v) is 11.8. The van der Waals surface area contributed by atoms with Gasteiger partial charge in [-0.25, -0.2) is 0 Å². The van der Waals surface area contributed by atoms with Crippen molar-refractivity contribution in [1.82, 2.24) is 0 Å². The third-order valence-corrected chi connectivity index (χ3v) is 3.65. The summed E-state index contributed by atoms with van der Waals surface area (Å²) in [7, 11) is 0. The molecule has 0 fully saturated rings. The molecule has 0 saturated carbocycles. The highest BCUT2D eigenvalue weighted by molar-refractivity contribution is 6.18. The van der Waals surface area contributed by atoms with E-state index in [9.17, 15) is 0 Å². The number of halogens is 2. The van der Waals surface area contributed by atoms with E-state index in [1.54, 1.807) is 0 Å². The van der Waals surface area contributed by atoms with Gasteiger partial charge in [0.2, 0.25) is 0 Å². The minimum atomic E-state index is 0.529. The van der Waals surface area contributed by atoms with Gasteiger partial charge in [-0.2, -0.15) is 0 Å². The normalized spacial score (nSPS) is 13.1. The van der Waals surface area contributed by atoms with Gasteiger partial charge >= 0.3 is 0 Å². The first-order valence-electron chi connectivity index (χ1n) is 5.82. The Morgan fingerprint density at radius 1 is 1.12 bits per heavy atom. The number of benzene rings is 1. The van der Waals surface area contributed by atoms with Crippen LogP contribution >= 0.6 is 23.2 Å². The monoisotopic (exact) mass is 258 g/mol. The van der Waals surface area contributed by atoms with Crippen molar-refractivity contribution in [2.45, 2.75) is 39.0 Å². The lowest BCUT2D eigenvalue weighted by Gasteiger charge is -2.16. The lowest BCUT2D eigenvalue weighted by molar-refractivity contribution is 0.645. The standard InChI is InChI=1S/C14H20Cl2/c1-10(2)14-7-12(9-16)4-5-13(14)6-11(3)8-15/h4-5,7,10-11H,6,8-9H2,1-3H3. The summed E-state index contributed by atoms with van der Waals surface area (Å²) in [5.74, 6) is 2.38. The van der Waals surface area contributed by atoms with Crippen molar-refractivity contribution in [3.8, 4) is 0 Å². The highest BCUT2D eigenvalue weighted by Gasteiger charge is 2.10. The number of alkyl halides is 2. The van der Waals surface area contributed by atoms with Gasteiger partial charge in [-0.3, -0.25) is 0 Å². The fourth-order valence-electron chi connectivity index (χ4n) is 1.88. The molecule has 0 amide bonds. The second-order valence-corrected chi connectivity index (χ2v) is 5.36. The van der Waals surface area contributed by atoms with Crippen molar-refractivity contribution in [1.29, 1.82) is 0 Å². The summed E-state index contributed by atoms with van der Waals surface area (Å²) in [6.45, 7) is 6.64. The van der Waals surface area contributed by atoms with Crippen LogP contribution in [0.3, 0.4) is 0 Å². The van der Waals surface area contributed by atoms with Crippen LogP contribution in [0.5, 0.6) is 0 Å². The predicted octanol–water partition coefficient (Wildman–Crippen LogP) is 4.97. The molecular formula is C14H20Cl2. The molecule has 1 atom stereocenters. The fraction of sp³-hybridized carbons (Fsp3) is 0.571. The van der Waals surface area contributed by atoms with Crippen LogP contribution in [0.1, 0.15) is 43.4 Å². The first-order chi connectivity index (χ1) is 7.58. The first kappa shape index (κ1) is 13.9. The molecule has 0 radical (unpaired) electrons. The lowest BCUT2D eigenvalue weighted by Crippen LogP contribution is -2.05. The third-order valence-electron chi connectivity index (χ3n) is 2.82. The molecule has 0 aliphatic carbocycles. The molecule has 0 aromatic heterocycles. The van der Waals surface area contributed by atoms with Crippen LogP contribution in [0.25, 0.3) is 0 Å². The Morgan fingerprint density at radius 3 is 2.31 bits per heavy atom. The van der Waals surface area contributed by atoms with Crippen molar-refractivity contribution in [2.24, 2.45) is 5.92 Å². The van der Waals surface area contributed by atoms with Gasteiger partial charge in [0.1, 0.15) is 0 Å². The predicted molar refractivity (Wildman–Crippen MR) is 73.7 cm³/mol. The summed E-state index contributed by atoms with van der Waals surface area (Å²) in [6, 6.07) is 6.55. The molecule has 0 bridgehead atoms. The Balaban J connectivity index is 2.98. The van der Waals surface area contributed by atoms with Crippen LogP contribution in [0.2, 0.25) is 0 Å².